The molecule has 3 nitrogen and oxygen atoms in total. The van der Waals surface area contributed by atoms with Crippen LogP contribution in [0.5, 0.6) is 0 Å². The molecule has 3 heteroatoms. The molecule has 3 aromatic rings. The molecule has 0 bridgehead atoms. The molecular weight excluding hydrogens is 224 g/mol. The predicted molar refractivity (Wildman–Crippen MR) is 76.8 cm³/mol. The lowest BCUT2D eigenvalue weighted by molar-refractivity contribution is 1.14. The number of hydrogen-bond acceptors (Lipinski definition) is 2. The lowest BCUT2D eigenvalue weighted by Gasteiger charge is -2.01. The van der Waals surface area contributed by atoms with E-state index in [1.54, 1.807) is 6.20 Å². The number of pyridine rings is 1. The number of fused-ring (bicyclic) bond motifs is 3. The fourth-order valence-corrected chi connectivity index (χ4v) is 1.96. The first-order valence-corrected chi connectivity index (χ1v) is 5.97. The van der Waals surface area contributed by atoms with Crippen LogP contribution in [0, 0.1) is 0 Å². The summed E-state index contributed by atoms with van der Waals surface area (Å²) in [4.78, 5) is 14.4. The summed E-state index contributed by atoms with van der Waals surface area (Å²) in [5, 5.41) is 3.87. The summed E-state index contributed by atoms with van der Waals surface area (Å²) in [6.45, 7) is 2.65. The number of aromatic nitrogens is 1. The van der Waals surface area contributed by atoms with Gasteiger partial charge in [-0.2, -0.15) is 0 Å². The van der Waals surface area contributed by atoms with Gasteiger partial charge in [0.15, 0.2) is 0 Å². The highest BCUT2D eigenvalue weighted by atomic mass is 16.1. The van der Waals surface area contributed by atoms with Crippen molar-refractivity contribution in [2.24, 2.45) is 5.73 Å². The molecule has 3 N–H and O–H groups in total. The van der Waals surface area contributed by atoms with E-state index in [9.17, 15) is 4.79 Å². The highest BCUT2D eigenvalue weighted by Gasteiger charge is 2.02. The number of benzene rings is 2. The van der Waals surface area contributed by atoms with Crippen LogP contribution in [0.4, 0.5) is 0 Å². The Kier molecular flexibility index (Phi) is 3.75. The molecule has 0 atom stereocenters. The molecular formula is C15H16N2O. The van der Waals surface area contributed by atoms with E-state index in [0.29, 0.717) is 0 Å². The average Bonchev–Trinajstić information content (AvgIpc) is 2.39. The second-order valence-corrected chi connectivity index (χ2v) is 3.97. The quantitative estimate of drug-likeness (QED) is 0.593. The van der Waals surface area contributed by atoms with Gasteiger partial charge in [0.05, 0.1) is 5.39 Å². The molecule has 92 valence electrons. The average molecular weight is 240 g/mol. The van der Waals surface area contributed by atoms with Crippen LogP contribution in [0.3, 0.4) is 0 Å². The molecule has 18 heavy (non-hydrogen) atoms. The Bertz CT molecular complexity index is 716. The fraction of sp³-hybridized carbons (Fsp3) is 0.133. The highest BCUT2D eigenvalue weighted by Crippen LogP contribution is 2.21. The van der Waals surface area contributed by atoms with Crippen LogP contribution in [0.15, 0.2) is 53.5 Å². The van der Waals surface area contributed by atoms with Crippen molar-refractivity contribution < 1.29 is 0 Å². The van der Waals surface area contributed by atoms with Crippen LogP contribution in [-0.4, -0.2) is 11.5 Å². The van der Waals surface area contributed by atoms with Gasteiger partial charge in [-0.25, -0.2) is 0 Å². The van der Waals surface area contributed by atoms with Gasteiger partial charge in [0.25, 0.3) is 5.56 Å². The first-order chi connectivity index (χ1) is 8.77. The molecule has 0 spiro atoms. The number of nitrogens with two attached hydrogens (primary N) is 1. The van der Waals surface area contributed by atoms with Crippen LogP contribution in [0.1, 0.15) is 6.92 Å². The van der Waals surface area contributed by atoms with Crippen LogP contribution >= 0.6 is 0 Å². The maximum atomic E-state index is 11.7. The van der Waals surface area contributed by atoms with Gasteiger partial charge in [-0.3, -0.25) is 4.79 Å². The minimum absolute atomic E-state index is 0.0238. The molecule has 0 unspecified atom stereocenters. The summed E-state index contributed by atoms with van der Waals surface area (Å²) < 4.78 is 0. The maximum absolute atomic E-state index is 11.7. The number of hydrogen-bond donors (Lipinski definition) is 2. The van der Waals surface area contributed by atoms with Gasteiger partial charge in [-0.1, -0.05) is 43.3 Å². The Hall–Kier alpha value is -2.13. The molecule has 0 amide bonds. The van der Waals surface area contributed by atoms with E-state index < -0.39 is 0 Å². The number of nitrogens with one attached hydrogen (secondary N) is 1. The molecule has 2 aromatic carbocycles. The summed E-state index contributed by atoms with van der Waals surface area (Å²) in [6.07, 6.45) is 1.68. The van der Waals surface area contributed by atoms with Crippen molar-refractivity contribution >= 4 is 21.5 Å². The van der Waals surface area contributed by atoms with E-state index in [2.05, 4.69) is 4.98 Å². The first kappa shape index (κ1) is 12.3. The molecule has 0 aliphatic heterocycles. The lowest BCUT2D eigenvalue weighted by Crippen LogP contribution is -2.04. The van der Waals surface area contributed by atoms with E-state index in [1.807, 2.05) is 49.4 Å². The third-order valence-electron chi connectivity index (χ3n) is 2.67. The zero-order valence-electron chi connectivity index (χ0n) is 10.3. The van der Waals surface area contributed by atoms with Crippen molar-refractivity contribution in [1.82, 2.24) is 4.98 Å². The van der Waals surface area contributed by atoms with Crippen molar-refractivity contribution in [2.75, 3.05) is 6.54 Å². The Labute approximate surface area is 105 Å². The van der Waals surface area contributed by atoms with Crippen LogP contribution in [0.2, 0.25) is 0 Å². The smallest absolute Gasteiger partial charge is 0.256 e. The molecule has 1 heterocycles. The van der Waals surface area contributed by atoms with Gasteiger partial charge in [-0.15, -0.1) is 0 Å². The summed E-state index contributed by atoms with van der Waals surface area (Å²) in [6, 6.07) is 13.9. The Morgan fingerprint density at radius 2 is 1.72 bits per heavy atom. The molecule has 0 saturated heterocycles. The van der Waals surface area contributed by atoms with Gasteiger partial charge in [0.1, 0.15) is 0 Å². The van der Waals surface area contributed by atoms with Gasteiger partial charge >= 0.3 is 0 Å². The van der Waals surface area contributed by atoms with Gasteiger partial charge in [0, 0.05) is 6.20 Å². The zero-order chi connectivity index (χ0) is 13.0. The Morgan fingerprint density at radius 1 is 1.06 bits per heavy atom. The standard InChI is InChI=1S/C13H9NO.C2H7N/c15-13-12-10(7-8-14-13)6-5-9-3-1-2-4-11(9)12;1-2-3/h1-8H,(H,14,15);2-3H2,1H3. The van der Waals surface area contributed by atoms with Crippen molar-refractivity contribution in [1.29, 1.82) is 0 Å². The van der Waals surface area contributed by atoms with E-state index in [4.69, 9.17) is 5.73 Å². The van der Waals surface area contributed by atoms with E-state index >= 15 is 0 Å². The van der Waals surface area contributed by atoms with Gasteiger partial charge < -0.3 is 10.7 Å². The van der Waals surface area contributed by atoms with E-state index in [1.165, 1.54) is 0 Å². The molecule has 0 radical (unpaired) electrons. The number of rotatable bonds is 0. The minimum Gasteiger partial charge on any atom is -0.331 e. The second kappa shape index (κ2) is 5.47. The maximum Gasteiger partial charge on any atom is 0.256 e. The third-order valence-corrected chi connectivity index (χ3v) is 2.67. The summed E-state index contributed by atoms with van der Waals surface area (Å²) in [5.41, 5.74) is 4.82. The van der Waals surface area contributed by atoms with Crippen LogP contribution in [0.25, 0.3) is 21.5 Å². The normalized spacial score (nSPS) is 10.1. The molecule has 0 saturated carbocycles. The summed E-state index contributed by atoms with van der Waals surface area (Å²) >= 11 is 0. The molecule has 0 fully saturated rings. The predicted octanol–water partition coefficient (Wildman–Crippen LogP) is 2.65. The molecule has 3 rings (SSSR count). The number of H-pyrrole nitrogens is 1. The van der Waals surface area contributed by atoms with Crippen molar-refractivity contribution in [3.63, 3.8) is 0 Å². The van der Waals surface area contributed by atoms with Gasteiger partial charge in [-0.05, 0) is 28.8 Å². The van der Waals surface area contributed by atoms with E-state index in [0.717, 1.165) is 28.1 Å². The van der Waals surface area contributed by atoms with Crippen LogP contribution in [-0.2, 0) is 0 Å². The van der Waals surface area contributed by atoms with Crippen LogP contribution < -0.4 is 11.3 Å². The van der Waals surface area contributed by atoms with Crippen molar-refractivity contribution in [3.8, 4) is 0 Å². The SMILES string of the molecule is CCN.O=c1[nH]ccc2ccc3ccccc3c12. The molecule has 0 aliphatic rings. The Balaban J connectivity index is 0.000000367. The van der Waals surface area contributed by atoms with E-state index in [-0.39, 0.29) is 5.56 Å². The third kappa shape index (κ3) is 2.26. The Morgan fingerprint density at radius 3 is 2.50 bits per heavy atom. The fourth-order valence-electron chi connectivity index (χ4n) is 1.96. The monoisotopic (exact) mass is 240 g/mol. The minimum atomic E-state index is -0.0238. The lowest BCUT2D eigenvalue weighted by atomic mass is 10.0. The molecule has 1 aromatic heterocycles. The summed E-state index contributed by atoms with van der Waals surface area (Å²) in [7, 11) is 0. The zero-order valence-corrected chi connectivity index (χ0v) is 10.3. The number of aromatic amines is 1. The largest absolute Gasteiger partial charge is 0.331 e. The van der Waals surface area contributed by atoms with Crippen molar-refractivity contribution in [2.45, 2.75) is 6.92 Å². The topological polar surface area (TPSA) is 58.9 Å². The molecule has 0 aliphatic carbocycles. The second-order valence-electron chi connectivity index (χ2n) is 3.97. The van der Waals surface area contributed by atoms with Crippen molar-refractivity contribution in [3.05, 3.63) is 59.0 Å². The van der Waals surface area contributed by atoms with Gasteiger partial charge in [0.2, 0.25) is 0 Å². The summed E-state index contributed by atoms with van der Waals surface area (Å²) in [5.74, 6) is 0. The highest BCUT2D eigenvalue weighted by molar-refractivity contribution is 6.06. The first-order valence-electron chi connectivity index (χ1n) is 5.97.